The number of nitrogens with zero attached hydrogens (tertiary/aromatic N) is 4. The third kappa shape index (κ3) is 4.39. The van der Waals surface area contributed by atoms with Crippen molar-refractivity contribution in [3.63, 3.8) is 0 Å². The third-order valence-corrected chi connectivity index (χ3v) is 4.44. The number of hydrogen-bond acceptors (Lipinski definition) is 6. The maximum atomic E-state index is 10.2. The molecule has 0 fully saturated rings. The SMILES string of the molecule is Oc1cc(CNCc2ccccc2)nc2nc(NCc3ccc(Cl)cc3)nn12. The molecule has 4 aromatic rings. The second kappa shape index (κ2) is 8.24. The fourth-order valence-corrected chi connectivity index (χ4v) is 2.91. The van der Waals surface area contributed by atoms with Crippen LogP contribution < -0.4 is 10.6 Å². The monoisotopic (exact) mass is 394 g/mol. The molecule has 2 aromatic heterocycles. The Kier molecular flexibility index (Phi) is 5.36. The van der Waals surface area contributed by atoms with Crippen molar-refractivity contribution in [3.8, 4) is 5.88 Å². The minimum atomic E-state index is -0.00597. The Bertz CT molecular complexity index is 1070. The molecule has 142 valence electrons. The normalized spacial score (nSPS) is 11.0. The van der Waals surface area contributed by atoms with Gasteiger partial charge in [0, 0.05) is 30.7 Å². The molecule has 0 amide bonds. The first-order chi connectivity index (χ1) is 13.7. The van der Waals surface area contributed by atoms with Gasteiger partial charge in [0.05, 0.1) is 5.69 Å². The van der Waals surface area contributed by atoms with Crippen molar-refractivity contribution < 1.29 is 5.11 Å². The molecule has 0 atom stereocenters. The zero-order valence-corrected chi connectivity index (χ0v) is 15.8. The van der Waals surface area contributed by atoms with E-state index in [0.717, 1.165) is 12.1 Å². The molecule has 0 aliphatic carbocycles. The number of hydrogen-bond donors (Lipinski definition) is 3. The van der Waals surface area contributed by atoms with Crippen molar-refractivity contribution in [2.45, 2.75) is 19.6 Å². The Morgan fingerprint density at radius 1 is 0.893 bits per heavy atom. The van der Waals surface area contributed by atoms with Crippen molar-refractivity contribution in [2.24, 2.45) is 0 Å². The maximum absolute atomic E-state index is 10.2. The van der Waals surface area contributed by atoms with Crippen LogP contribution in [0.3, 0.4) is 0 Å². The molecule has 0 saturated heterocycles. The van der Waals surface area contributed by atoms with Crippen LogP contribution in [0, 0.1) is 0 Å². The van der Waals surface area contributed by atoms with Gasteiger partial charge in [0.25, 0.3) is 5.78 Å². The predicted octanol–water partition coefficient (Wildman–Crippen LogP) is 3.39. The first-order valence-corrected chi connectivity index (χ1v) is 9.24. The van der Waals surface area contributed by atoms with Crippen molar-refractivity contribution >= 4 is 23.3 Å². The fourth-order valence-electron chi connectivity index (χ4n) is 2.78. The standard InChI is InChI=1S/C20H19ClN6O/c21-16-8-6-15(7-9-16)12-23-19-25-20-24-17(10-18(28)27(20)26-19)13-22-11-14-4-2-1-3-5-14/h1-10,22,28H,11-13H2,(H,23,26). The smallest absolute Gasteiger partial charge is 0.257 e. The Morgan fingerprint density at radius 3 is 2.43 bits per heavy atom. The van der Waals surface area contributed by atoms with Gasteiger partial charge in [-0.25, -0.2) is 4.98 Å². The largest absolute Gasteiger partial charge is 0.493 e. The molecule has 0 aliphatic rings. The number of halogens is 1. The highest BCUT2D eigenvalue weighted by Crippen LogP contribution is 2.15. The van der Waals surface area contributed by atoms with E-state index < -0.39 is 0 Å². The highest BCUT2D eigenvalue weighted by atomic mass is 35.5. The topological polar surface area (TPSA) is 87.4 Å². The Morgan fingerprint density at radius 2 is 1.64 bits per heavy atom. The summed E-state index contributed by atoms with van der Waals surface area (Å²) < 4.78 is 1.31. The summed E-state index contributed by atoms with van der Waals surface area (Å²) in [5, 5.41) is 21.6. The lowest BCUT2D eigenvalue weighted by molar-refractivity contribution is 0.433. The second-order valence-electron chi connectivity index (χ2n) is 6.32. The molecule has 0 unspecified atom stereocenters. The summed E-state index contributed by atoms with van der Waals surface area (Å²) in [4.78, 5) is 8.81. The molecule has 2 heterocycles. The molecule has 3 N–H and O–H groups in total. The van der Waals surface area contributed by atoms with Gasteiger partial charge in [-0.3, -0.25) is 0 Å². The van der Waals surface area contributed by atoms with E-state index in [-0.39, 0.29) is 5.88 Å². The average molecular weight is 395 g/mol. The van der Waals surface area contributed by atoms with Gasteiger partial charge in [-0.2, -0.15) is 9.50 Å². The number of aromatic nitrogens is 4. The number of benzene rings is 2. The Hall–Kier alpha value is -3.16. The van der Waals surface area contributed by atoms with E-state index in [9.17, 15) is 5.11 Å². The number of nitrogens with one attached hydrogen (secondary N) is 2. The van der Waals surface area contributed by atoms with Crippen molar-refractivity contribution in [1.82, 2.24) is 24.9 Å². The van der Waals surface area contributed by atoms with Crippen LogP contribution in [0.25, 0.3) is 5.78 Å². The Balaban J connectivity index is 1.42. The number of aromatic hydroxyl groups is 1. The van der Waals surface area contributed by atoms with Crippen LogP contribution in [0.1, 0.15) is 16.8 Å². The summed E-state index contributed by atoms with van der Waals surface area (Å²) in [5.74, 6) is 0.732. The van der Waals surface area contributed by atoms with Gasteiger partial charge in [-0.15, -0.1) is 5.10 Å². The molecule has 28 heavy (non-hydrogen) atoms. The molecule has 0 radical (unpaired) electrons. The summed E-state index contributed by atoms with van der Waals surface area (Å²) in [6, 6.07) is 19.2. The Labute approximate surface area is 167 Å². The molecule has 0 spiro atoms. The van der Waals surface area contributed by atoms with E-state index in [1.165, 1.54) is 10.1 Å². The van der Waals surface area contributed by atoms with Crippen LogP contribution in [0.2, 0.25) is 5.02 Å². The van der Waals surface area contributed by atoms with E-state index in [1.54, 1.807) is 6.07 Å². The quantitative estimate of drug-likeness (QED) is 0.445. The summed E-state index contributed by atoms with van der Waals surface area (Å²) in [6.45, 7) is 1.77. The van der Waals surface area contributed by atoms with Crippen LogP contribution in [-0.2, 0) is 19.6 Å². The van der Waals surface area contributed by atoms with Crippen LogP contribution in [0.5, 0.6) is 5.88 Å². The van der Waals surface area contributed by atoms with Crippen LogP contribution in [0.4, 0.5) is 5.95 Å². The summed E-state index contributed by atoms with van der Waals surface area (Å²) in [7, 11) is 0. The average Bonchev–Trinajstić information content (AvgIpc) is 3.12. The lowest BCUT2D eigenvalue weighted by atomic mass is 10.2. The number of fused-ring (bicyclic) bond motifs is 1. The molecular weight excluding hydrogens is 376 g/mol. The molecule has 8 heteroatoms. The van der Waals surface area contributed by atoms with Crippen molar-refractivity contribution in [1.29, 1.82) is 0 Å². The van der Waals surface area contributed by atoms with E-state index in [4.69, 9.17) is 11.6 Å². The fraction of sp³-hybridized carbons (Fsp3) is 0.150. The summed E-state index contributed by atoms with van der Waals surface area (Å²) >= 11 is 5.90. The van der Waals surface area contributed by atoms with Gasteiger partial charge in [0.15, 0.2) is 0 Å². The maximum Gasteiger partial charge on any atom is 0.257 e. The molecule has 2 aromatic carbocycles. The van der Waals surface area contributed by atoms with Gasteiger partial charge in [-0.05, 0) is 23.3 Å². The molecule has 0 aliphatic heterocycles. The first kappa shape index (κ1) is 18.2. The highest BCUT2D eigenvalue weighted by Gasteiger charge is 2.10. The van der Waals surface area contributed by atoms with Gasteiger partial charge in [-0.1, -0.05) is 54.1 Å². The lowest BCUT2D eigenvalue weighted by Gasteiger charge is -2.05. The van der Waals surface area contributed by atoms with E-state index in [0.29, 0.717) is 35.5 Å². The number of rotatable bonds is 7. The first-order valence-electron chi connectivity index (χ1n) is 8.86. The molecule has 7 nitrogen and oxygen atoms in total. The molecule has 0 bridgehead atoms. The summed E-state index contributed by atoms with van der Waals surface area (Å²) in [5.41, 5.74) is 2.92. The zero-order chi connectivity index (χ0) is 19.3. The van der Waals surface area contributed by atoms with E-state index in [1.807, 2.05) is 42.5 Å². The van der Waals surface area contributed by atoms with Gasteiger partial charge < -0.3 is 15.7 Å². The van der Waals surface area contributed by atoms with Gasteiger partial charge in [0.1, 0.15) is 0 Å². The predicted molar refractivity (Wildman–Crippen MR) is 108 cm³/mol. The van der Waals surface area contributed by atoms with E-state index >= 15 is 0 Å². The number of anilines is 1. The van der Waals surface area contributed by atoms with Crippen molar-refractivity contribution in [3.05, 3.63) is 82.5 Å². The second-order valence-corrected chi connectivity index (χ2v) is 6.76. The van der Waals surface area contributed by atoms with Gasteiger partial charge >= 0.3 is 0 Å². The molecular formula is C20H19ClN6O. The lowest BCUT2D eigenvalue weighted by Crippen LogP contribution is -2.14. The minimum absolute atomic E-state index is 0.00597. The third-order valence-electron chi connectivity index (χ3n) is 4.19. The highest BCUT2D eigenvalue weighted by molar-refractivity contribution is 6.30. The zero-order valence-electron chi connectivity index (χ0n) is 15.0. The van der Waals surface area contributed by atoms with Gasteiger partial charge in [0.2, 0.25) is 11.8 Å². The molecule has 0 saturated carbocycles. The minimum Gasteiger partial charge on any atom is -0.493 e. The summed E-state index contributed by atoms with van der Waals surface area (Å²) in [6.07, 6.45) is 0. The molecule has 4 rings (SSSR count). The van der Waals surface area contributed by atoms with Crippen molar-refractivity contribution in [2.75, 3.05) is 5.32 Å². The van der Waals surface area contributed by atoms with E-state index in [2.05, 4.69) is 37.8 Å². The van der Waals surface area contributed by atoms with Crippen LogP contribution in [-0.4, -0.2) is 24.7 Å². The van der Waals surface area contributed by atoms with Crippen LogP contribution >= 0.6 is 11.6 Å². The van der Waals surface area contributed by atoms with Crippen LogP contribution in [0.15, 0.2) is 60.7 Å².